The van der Waals surface area contributed by atoms with Crippen LogP contribution in [0.1, 0.15) is 26.2 Å². The zero-order valence-corrected chi connectivity index (χ0v) is 11.0. The molecule has 0 aromatic carbocycles. The molecule has 0 aliphatic carbocycles. The van der Waals surface area contributed by atoms with Crippen molar-refractivity contribution >= 4 is 11.7 Å². The Bertz CT molecular complexity index is 321. The van der Waals surface area contributed by atoms with Gasteiger partial charge in [-0.15, -0.1) is 0 Å². The van der Waals surface area contributed by atoms with Crippen molar-refractivity contribution in [3.05, 3.63) is 0 Å². The van der Waals surface area contributed by atoms with Crippen LogP contribution in [0, 0.1) is 0 Å². The van der Waals surface area contributed by atoms with Crippen LogP contribution in [0.2, 0.25) is 0 Å². The Hall–Kier alpha value is -1.11. The molecule has 1 saturated heterocycles. The topological polar surface area (TPSA) is 40.6 Å². The van der Waals surface area contributed by atoms with Crippen LogP contribution in [0.3, 0.4) is 0 Å². The summed E-state index contributed by atoms with van der Waals surface area (Å²) in [6, 6.07) is 0. The lowest BCUT2D eigenvalue weighted by Gasteiger charge is -2.29. The van der Waals surface area contributed by atoms with Gasteiger partial charge in [-0.1, -0.05) is 6.92 Å². The molecule has 0 aromatic heterocycles. The van der Waals surface area contributed by atoms with E-state index in [0.29, 0.717) is 32.4 Å². The summed E-state index contributed by atoms with van der Waals surface area (Å²) < 4.78 is 37.1. The van der Waals surface area contributed by atoms with Crippen LogP contribution in [0.25, 0.3) is 0 Å². The van der Waals surface area contributed by atoms with Gasteiger partial charge in [0.25, 0.3) is 0 Å². The van der Waals surface area contributed by atoms with Gasteiger partial charge in [-0.2, -0.15) is 13.2 Å². The predicted octanol–water partition coefficient (Wildman–Crippen LogP) is 1.45. The average molecular weight is 280 g/mol. The Morgan fingerprint density at radius 1 is 1.32 bits per heavy atom. The number of piperidine rings is 1. The molecule has 1 aliphatic rings. The van der Waals surface area contributed by atoms with E-state index >= 15 is 0 Å². The van der Waals surface area contributed by atoms with Crippen LogP contribution >= 0.6 is 0 Å². The van der Waals surface area contributed by atoms with Gasteiger partial charge in [0.05, 0.1) is 13.1 Å². The van der Waals surface area contributed by atoms with Crippen molar-refractivity contribution in [3.63, 3.8) is 0 Å². The van der Waals surface area contributed by atoms with E-state index in [1.54, 1.807) is 6.92 Å². The van der Waals surface area contributed by atoms with Crippen LogP contribution in [0.4, 0.5) is 13.2 Å². The summed E-state index contributed by atoms with van der Waals surface area (Å²) in [5.74, 6) is -0.227. The third kappa shape index (κ3) is 6.04. The van der Waals surface area contributed by atoms with E-state index in [-0.39, 0.29) is 24.8 Å². The Morgan fingerprint density at radius 3 is 2.37 bits per heavy atom. The zero-order valence-electron chi connectivity index (χ0n) is 11.0. The molecule has 110 valence electrons. The molecule has 7 heteroatoms. The SMILES string of the molecule is CCCN(CC(=O)N1CCC(=O)CC1)CC(F)(F)F. The first-order valence-electron chi connectivity index (χ1n) is 6.40. The van der Waals surface area contributed by atoms with Crippen molar-refractivity contribution in [2.24, 2.45) is 0 Å². The lowest BCUT2D eigenvalue weighted by molar-refractivity contribution is -0.151. The normalized spacial score (nSPS) is 17.1. The number of Topliss-reactive ketones (excluding diaryl/α,β-unsaturated/α-hetero) is 1. The standard InChI is InChI=1S/C12H19F3N2O2/c1-2-5-16(9-12(13,14)15)8-11(19)17-6-3-10(18)4-7-17/h2-9H2,1H3. The number of hydrogen-bond acceptors (Lipinski definition) is 3. The van der Waals surface area contributed by atoms with Gasteiger partial charge in [0, 0.05) is 25.9 Å². The van der Waals surface area contributed by atoms with Gasteiger partial charge in [0.1, 0.15) is 5.78 Å². The van der Waals surface area contributed by atoms with Gasteiger partial charge in [0.2, 0.25) is 5.91 Å². The fourth-order valence-electron chi connectivity index (χ4n) is 2.08. The van der Waals surface area contributed by atoms with Gasteiger partial charge in [-0.25, -0.2) is 0 Å². The average Bonchev–Trinajstić information content (AvgIpc) is 2.27. The molecule has 1 fully saturated rings. The van der Waals surface area contributed by atoms with E-state index in [2.05, 4.69) is 0 Å². The number of amides is 1. The summed E-state index contributed by atoms with van der Waals surface area (Å²) >= 11 is 0. The molecule has 0 N–H and O–H groups in total. The zero-order chi connectivity index (χ0) is 14.5. The fourth-order valence-corrected chi connectivity index (χ4v) is 2.08. The van der Waals surface area contributed by atoms with Gasteiger partial charge >= 0.3 is 6.18 Å². The number of rotatable bonds is 5. The molecule has 0 spiro atoms. The number of ketones is 1. The molecule has 1 heterocycles. The van der Waals surface area contributed by atoms with E-state index in [4.69, 9.17) is 0 Å². The van der Waals surface area contributed by atoms with Crippen molar-refractivity contribution < 1.29 is 22.8 Å². The second kappa shape index (κ2) is 6.88. The lowest BCUT2D eigenvalue weighted by Crippen LogP contribution is -2.46. The highest BCUT2D eigenvalue weighted by molar-refractivity contribution is 5.84. The summed E-state index contributed by atoms with van der Waals surface area (Å²) in [5, 5.41) is 0. The third-order valence-corrected chi connectivity index (χ3v) is 2.98. The minimum Gasteiger partial charge on any atom is -0.341 e. The number of carbonyl (C=O) groups is 2. The highest BCUT2D eigenvalue weighted by atomic mass is 19.4. The van der Waals surface area contributed by atoms with Crippen LogP contribution in [-0.2, 0) is 9.59 Å². The van der Waals surface area contributed by atoms with Gasteiger partial charge in [0.15, 0.2) is 0 Å². The summed E-state index contributed by atoms with van der Waals surface area (Å²) in [6.07, 6.45) is -3.13. The lowest BCUT2D eigenvalue weighted by atomic mass is 10.1. The predicted molar refractivity (Wildman–Crippen MR) is 63.6 cm³/mol. The molecule has 0 atom stereocenters. The van der Waals surface area contributed by atoms with Crippen LogP contribution in [0.5, 0.6) is 0 Å². The highest BCUT2D eigenvalue weighted by Crippen LogP contribution is 2.17. The van der Waals surface area contributed by atoms with Gasteiger partial charge in [-0.05, 0) is 13.0 Å². The summed E-state index contributed by atoms with van der Waals surface area (Å²) in [7, 11) is 0. The van der Waals surface area contributed by atoms with Gasteiger partial charge in [-0.3, -0.25) is 14.5 Å². The first-order valence-corrected chi connectivity index (χ1v) is 6.40. The second-order valence-corrected chi connectivity index (χ2v) is 4.75. The third-order valence-electron chi connectivity index (χ3n) is 2.98. The number of halogens is 3. The molecule has 1 aliphatic heterocycles. The molecule has 0 unspecified atom stereocenters. The van der Waals surface area contributed by atoms with Crippen LogP contribution in [-0.4, -0.2) is 60.4 Å². The first-order chi connectivity index (χ1) is 8.81. The van der Waals surface area contributed by atoms with E-state index < -0.39 is 12.7 Å². The maximum Gasteiger partial charge on any atom is 0.401 e. The quantitative estimate of drug-likeness (QED) is 0.765. The molecule has 1 amide bonds. The van der Waals surface area contributed by atoms with Gasteiger partial charge < -0.3 is 4.90 Å². The molecule has 1 rings (SSSR count). The maximum absolute atomic E-state index is 12.4. The molecule has 0 aromatic rings. The Kier molecular flexibility index (Phi) is 5.78. The minimum absolute atomic E-state index is 0.102. The van der Waals surface area contributed by atoms with Crippen LogP contribution in [0.15, 0.2) is 0 Å². The van der Waals surface area contributed by atoms with Crippen molar-refractivity contribution in [1.82, 2.24) is 9.80 Å². The van der Waals surface area contributed by atoms with E-state index in [0.717, 1.165) is 4.90 Å². The molecule has 0 saturated carbocycles. The summed E-state index contributed by atoms with van der Waals surface area (Å²) in [6.45, 7) is 1.35. The second-order valence-electron chi connectivity index (χ2n) is 4.75. The first kappa shape index (κ1) is 15.9. The van der Waals surface area contributed by atoms with Crippen molar-refractivity contribution in [2.45, 2.75) is 32.4 Å². The van der Waals surface area contributed by atoms with Crippen molar-refractivity contribution in [1.29, 1.82) is 0 Å². The number of hydrogen-bond donors (Lipinski definition) is 0. The molecule has 0 radical (unpaired) electrons. The Balaban J connectivity index is 2.48. The molecule has 4 nitrogen and oxygen atoms in total. The van der Waals surface area contributed by atoms with E-state index in [1.807, 2.05) is 0 Å². The van der Waals surface area contributed by atoms with Crippen molar-refractivity contribution in [3.8, 4) is 0 Å². The summed E-state index contributed by atoms with van der Waals surface area (Å²) in [5.41, 5.74) is 0. The summed E-state index contributed by atoms with van der Waals surface area (Å²) in [4.78, 5) is 25.5. The molecule has 19 heavy (non-hydrogen) atoms. The smallest absolute Gasteiger partial charge is 0.341 e. The number of alkyl halides is 3. The Morgan fingerprint density at radius 2 is 1.89 bits per heavy atom. The molecule has 0 bridgehead atoms. The Labute approximate surface area is 110 Å². The number of likely N-dealkylation sites (tertiary alicyclic amines) is 1. The monoisotopic (exact) mass is 280 g/mol. The number of nitrogens with zero attached hydrogens (tertiary/aromatic N) is 2. The van der Waals surface area contributed by atoms with E-state index in [9.17, 15) is 22.8 Å². The minimum atomic E-state index is -4.30. The largest absolute Gasteiger partial charge is 0.401 e. The van der Waals surface area contributed by atoms with Crippen molar-refractivity contribution in [2.75, 3.05) is 32.7 Å². The number of carbonyl (C=O) groups excluding carboxylic acids is 2. The molecular formula is C12H19F3N2O2. The highest BCUT2D eigenvalue weighted by Gasteiger charge is 2.32. The van der Waals surface area contributed by atoms with E-state index in [1.165, 1.54) is 4.90 Å². The fraction of sp³-hybridized carbons (Fsp3) is 0.833. The maximum atomic E-state index is 12.4. The van der Waals surface area contributed by atoms with Crippen LogP contribution < -0.4 is 0 Å². The molecular weight excluding hydrogens is 261 g/mol.